The first kappa shape index (κ1) is 15.8. The number of aromatic nitrogens is 1. The Labute approximate surface area is 127 Å². The highest BCUT2D eigenvalue weighted by atomic mass is 16.2. The molecule has 0 aromatic carbocycles. The van der Waals surface area contributed by atoms with E-state index in [1.54, 1.807) is 12.3 Å². The minimum atomic E-state index is 0.0996. The standard InChI is InChI=1S/C17H27N3O/c1-3-10-18-16-12-15(9-11-19-16)17(21)20(2)13-14-7-5-4-6-8-14/h9,11-12,14H,3-8,10,13H2,1-2H3,(H,18,19). The van der Waals surface area contributed by atoms with E-state index in [1.807, 2.05) is 18.0 Å². The molecule has 0 unspecified atom stereocenters. The van der Waals surface area contributed by atoms with E-state index >= 15 is 0 Å². The third-order valence-corrected chi connectivity index (χ3v) is 4.17. The molecule has 0 atom stereocenters. The van der Waals surface area contributed by atoms with E-state index in [4.69, 9.17) is 0 Å². The first-order valence-electron chi connectivity index (χ1n) is 8.16. The van der Waals surface area contributed by atoms with Crippen LogP contribution in [-0.4, -0.2) is 35.9 Å². The maximum atomic E-state index is 12.5. The Morgan fingerprint density at radius 1 is 1.38 bits per heavy atom. The van der Waals surface area contributed by atoms with Crippen LogP contribution in [0.25, 0.3) is 0 Å². The van der Waals surface area contributed by atoms with Gasteiger partial charge in [0.05, 0.1) is 0 Å². The van der Waals surface area contributed by atoms with Crippen molar-refractivity contribution in [2.24, 2.45) is 5.92 Å². The Balaban J connectivity index is 1.94. The highest BCUT2D eigenvalue weighted by molar-refractivity contribution is 5.94. The van der Waals surface area contributed by atoms with Crippen LogP contribution in [0, 0.1) is 5.92 Å². The first-order valence-corrected chi connectivity index (χ1v) is 8.16. The average molecular weight is 289 g/mol. The number of carbonyl (C=O) groups excluding carboxylic acids is 1. The van der Waals surface area contributed by atoms with E-state index in [1.165, 1.54) is 32.1 Å². The number of pyridine rings is 1. The van der Waals surface area contributed by atoms with E-state index in [-0.39, 0.29) is 5.91 Å². The fourth-order valence-electron chi connectivity index (χ4n) is 2.97. The molecule has 2 rings (SSSR count). The summed E-state index contributed by atoms with van der Waals surface area (Å²) in [7, 11) is 1.91. The van der Waals surface area contributed by atoms with Crippen LogP contribution < -0.4 is 5.32 Å². The molecule has 1 saturated carbocycles. The quantitative estimate of drug-likeness (QED) is 0.871. The fourth-order valence-corrected chi connectivity index (χ4v) is 2.97. The Hall–Kier alpha value is -1.58. The molecule has 1 N–H and O–H groups in total. The second-order valence-electron chi connectivity index (χ2n) is 6.05. The number of nitrogens with zero attached hydrogens (tertiary/aromatic N) is 2. The van der Waals surface area contributed by atoms with Gasteiger partial charge in [-0.15, -0.1) is 0 Å². The van der Waals surface area contributed by atoms with Gasteiger partial charge in [-0.25, -0.2) is 4.98 Å². The largest absolute Gasteiger partial charge is 0.370 e. The van der Waals surface area contributed by atoms with Gasteiger partial charge in [0.15, 0.2) is 0 Å². The van der Waals surface area contributed by atoms with Gasteiger partial charge >= 0.3 is 0 Å². The van der Waals surface area contributed by atoms with Gasteiger partial charge in [-0.3, -0.25) is 4.79 Å². The predicted octanol–water partition coefficient (Wildman–Crippen LogP) is 3.56. The van der Waals surface area contributed by atoms with E-state index in [2.05, 4.69) is 17.2 Å². The van der Waals surface area contributed by atoms with E-state index < -0.39 is 0 Å². The SMILES string of the molecule is CCCNc1cc(C(=O)N(C)CC2CCCCC2)ccn1. The van der Waals surface area contributed by atoms with E-state index in [0.717, 1.165) is 30.9 Å². The predicted molar refractivity (Wildman–Crippen MR) is 86.6 cm³/mol. The molecule has 1 aromatic heterocycles. The van der Waals surface area contributed by atoms with Crippen molar-refractivity contribution in [1.82, 2.24) is 9.88 Å². The van der Waals surface area contributed by atoms with E-state index in [9.17, 15) is 4.79 Å². The second kappa shape index (κ2) is 8.01. The molecule has 0 bridgehead atoms. The number of rotatable bonds is 6. The summed E-state index contributed by atoms with van der Waals surface area (Å²) in [5.74, 6) is 1.56. The van der Waals surface area contributed by atoms with Gasteiger partial charge in [0.25, 0.3) is 5.91 Å². The molecule has 1 aliphatic carbocycles. The molecule has 1 amide bonds. The highest BCUT2D eigenvalue weighted by Crippen LogP contribution is 2.24. The summed E-state index contributed by atoms with van der Waals surface area (Å²) >= 11 is 0. The van der Waals surface area contributed by atoms with Crippen molar-refractivity contribution in [3.63, 3.8) is 0 Å². The molecule has 4 heteroatoms. The number of nitrogens with one attached hydrogen (secondary N) is 1. The van der Waals surface area contributed by atoms with Crippen molar-refractivity contribution in [2.75, 3.05) is 25.5 Å². The first-order chi connectivity index (χ1) is 10.2. The van der Waals surface area contributed by atoms with Gasteiger partial charge < -0.3 is 10.2 Å². The number of hydrogen-bond acceptors (Lipinski definition) is 3. The molecule has 21 heavy (non-hydrogen) atoms. The third kappa shape index (κ3) is 4.73. The van der Waals surface area contributed by atoms with Crippen molar-refractivity contribution in [3.05, 3.63) is 23.9 Å². The summed E-state index contributed by atoms with van der Waals surface area (Å²) in [6.45, 7) is 3.86. The maximum absolute atomic E-state index is 12.5. The van der Waals surface area contributed by atoms with Crippen LogP contribution in [0.5, 0.6) is 0 Å². The van der Waals surface area contributed by atoms with Crippen LogP contribution in [0.1, 0.15) is 55.8 Å². The summed E-state index contributed by atoms with van der Waals surface area (Å²) in [6, 6.07) is 3.66. The zero-order valence-electron chi connectivity index (χ0n) is 13.3. The summed E-state index contributed by atoms with van der Waals surface area (Å²) in [5, 5.41) is 3.23. The maximum Gasteiger partial charge on any atom is 0.253 e. The number of anilines is 1. The third-order valence-electron chi connectivity index (χ3n) is 4.17. The Bertz CT molecular complexity index is 455. The molecule has 0 radical (unpaired) electrons. The van der Waals surface area contributed by atoms with Crippen molar-refractivity contribution in [3.8, 4) is 0 Å². The van der Waals surface area contributed by atoms with Crippen molar-refractivity contribution >= 4 is 11.7 Å². The number of amides is 1. The van der Waals surface area contributed by atoms with E-state index in [0.29, 0.717) is 5.92 Å². The van der Waals surface area contributed by atoms with Crippen LogP contribution in [0.3, 0.4) is 0 Å². The lowest BCUT2D eigenvalue weighted by Crippen LogP contribution is -2.32. The highest BCUT2D eigenvalue weighted by Gasteiger charge is 2.19. The van der Waals surface area contributed by atoms with Crippen LogP contribution in [0.2, 0.25) is 0 Å². The lowest BCUT2D eigenvalue weighted by Gasteiger charge is -2.27. The summed E-state index contributed by atoms with van der Waals surface area (Å²) in [6.07, 6.45) is 9.25. The fraction of sp³-hybridized carbons (Fsp3) is 0.647. The monoisotopic (exact) mass is 289 g/mol. The van der Waals surface area contributed by atoms with Gasteiger partial charge in [0.2, 0.25) is 0 Å². The van der Waals surface area contributed by atoms with Crippen molar-refractivity contribution < 1.29 is 4.79 Å². The summed E-state index contributed by atoms with van der Waals surface area (Å²) < 4.78 is 0. The van der Waals surface area contributed by atoms with Gasteiger partial charge in [0, 0.05) is 31.9 Å². The number of carbonyl (C=O) groups is 1. The summed E-state index contributed by atoms with van der Waals surface area (Å²) in [5.41, 5.74) is 0.724. The van der Waals surface area contributed by atoms with Crippen LogP contribution >= 0.6 is 0 Å². The molecule has 1 aromatic rings. The van der Waals surface area contributed by atoms with Crippen LogP contribution in [-0.2, 0) is 0 Å². The topological polar surface area (TPSA) is 45.2 Å². The average Bonchev–Trinajstić information content (AvgIpc) is 2.53. The Kier molecular flexibility index (Phi) is 6.03. The van der Waals surface area contributed by atoms with Gasteiger partial charge in [0.1, 0.15) is 5.82 Å². The second-order valence-corrected chi connectivity index (χ2v) is 6.05. The zero-order chi connectivity index (χ0) is 15.1. The van der Waals surface area contributed by atoms with Crippen molar-refractivity contribution in [2.45, 2.75) is 45.4 Å². The molecule has 0 aliphatic heterocycles. The lowest BCUT2D eigenvalue weighted by atomic mass is 9.89. The number of hydrogen-bond donors (Lipinski definition) is 1. The summed E-state index contributed by atoms with van der Waals surface area (Å²) in [4.78, 5) is 18.6. The Morgan fingerprint density at radius 3 is 2.86 bits per heavy atom. The molecule has 1 aliphatic rings. The molecule has 116 valence electrons. The molecular formula is C17H27N3O. The molecule has 0 spiro atoms. The molecule has 1 heterocycles. The normalized spacial score (nSPS) is 15.7. The Morgan fingerprint density at radius 2 is 2.14 bits per heavy atom. The molecule has 0 saturated heterocycles. The van der Waals surface area contributed by atoms with Crippen molar-refractivity contribution in [1.29, 1.82) is 0 Å². The van der Waals surface area contributed by atoms with Gasteiger partial charge in [-0.05, 0) is 37.3 Å². The smallest absolute Gasteiger partial charge is 0.253 e. The minimum absolute atomic E-state index is 0.0996. The van der Waals surface area contributed by atoms with Gasteiger partial charge in [-0.1, -0.05) is 26.2 Å². The molecular weight excluding hydrogens is 262 g/mol. The lowest BCUT2D eigenvalue weighted by molar-refractivity contribution is 0.0760. The van der Waals surface area contributed by atoms with Crippen LogP contribution in [0.15, 0.2) is 18.3 Å². The molecule has 4 nitrogen and oxygen atoms in total. The molecule has 1 fully saturated rings. The van der Waals surface area contributed by atoms with Gasteiger partial charge in [-0.2, -0.15) is 0 Å². The minimum Gasteiger partial charge on any atom is -0.370 e. The van der Waals surface area contributed by atoms with Crippen LogP contribution in [0.4, 0.5) is 5.82 Å². The zero-order valence-corrected chi connectivity index (χ0v) is 13.3.